The van der Waals surface area contributed by atoms with Crippen molar-refractivity contribution in [3.8, 4) is 11.8 Å². The third kappa shape index (κ3) is 4.31. The number of hydrogen-bond acceptors (Lipinski definition) is 5. The molecular formula is C15H15N3O2S. The van der Waals surface area contributed by atoms with Crippen molar-refractivity contribution in [3.63, 3.8) is 0 Å². The molecule has 1 amide bonds. The Bertz CT molecular complexity index is 661. The average Bonchev–Trinajstić information content (AvgIpc) is 2.93. The largest absolute Gasteiger partial charge is 0.484 e. The number of hydrogen-bond donors (Lipinski definition) is 2. The van der Waals surface area contributed by atoms with Crippen LogP contribution in [0.5, 0.6) is 5.75 Å². The van der Waals surface area contributed by atoms with Crippen LogP contribution in [0.3, 0.4) is 0 Å². The van der Waals surface area contributed by atoms with E-state index < -0.39 is 0 Å². The summed E-state index contributed by atoms with van der Waals surface area (Å²) in [6.07, 6.45) is 0. The fourth-order valence-electron chi connectivity index (χ4n) is 1.76. The minimum absolute atomic E-state index is 0.0915. The van der Waals surface area contributed by atoms with E-state index in [1.807, 2.05) is 31.3 Å². The molecule has 21 heavy (non-hydrogen) atoms. The molecule has 0 unspecified atom stereocenters. The third-order valence-corrected chi connectivity index (χ3v) is 3.52. The van der Waals surface area contributed by atoms with Crippen LogP contribution in [0.25, 0.3) is 0 Å². The molecule has 1 aromatic carbocycles. The molecule has 0 radical (unpaired) electrons. The quantitative estimate of drug-likeness (QED) is 0.859. The van der Waals surface area contributed by atoms with Crippen molar-refractivity contribution in [2.45, 2.75) is 6.54 Å². The number of anilines is 1. The second-order valence-corrected chi connectivity index (χ2v) is 5.21. The molecule has 0 aliphatic rings. The van der Waals surface area contributed by atoms with Gasteiger partial charge in [-0.05, 0) is 36.2 Å². The Kier molecular flexibility index (Phi) is 5.32. The molecule has 0 fully saturated rings. The molecule has 5 nitrogen and oxygen atoms in total. The number of thiophene rings is 1. The molecule has 0 aliphatic carbocycles. The van der Waals surface area contributed by atoms with Gasteiger partial charge in [0, 0.05) is 6.54 Å². The fourth-order valence-corrected chi connectivity index (χ4v) is 2.51. The van der Waals surface area contributed by atoms with E-state index in [9.17, 15) is 4.79 Å². The Morgan fingerprint density at radius 3 is 3.05 bits per heavy atom. The van der Waals surface area contributed by atoms with Crippen molar-refractivity contribution in [1.29, 1.82) is 5.26 Å². The van der Waals surface area contributed by atoms with Gasteiger partial charge in [0.25, 0.3) is 5.91 Å². The van der Waals surface area contributed by atoms with Gasteiger partial charge in [-0.3, -0.25) is 4.79 Å². The molecule has 2 rings (SSSR count). The molecule has 2 aromatic rings. The fraction of sp³-hybridized carbons (Fsp3) is 0.200. The van der Waals surface area contributed by atoms with E-state index >= 15 is 0 Å². The van der Waals surface area contributed by atoms with Crippen molar-refractivity contribution >= 4 is 22.2 Å². The zero-order valence-electron chi connectivity index (χ0n) is 11.6. The van der Waals surface area contributed by atoms with Crippen molar-refractivity contribution < 1.29 is 9.53 Å². The highest BCUT2D eigenvalue weighted by molar-refractivity contribution is 7.14. The Morgan fingerprint density at radius 1 is 1.43 bits per heavy atom. The second kappa shape index (κ2) is 7.43. The predicted molar refractivity (Wildman–Crippen MR) is 82.4 cm³/mol. The topological polar surface area (TPSA) is 74.2 Å². The Morgan fingerprint density at radius 2 is 2.29 bits per heavy atom. The maximum atomic E-state index is 11.8. The summed E-state index contributed by atoms with van der Waals surface area (Å²) >= 11 is 1.31. The number of amides is 1. The van der Waals surface area contributed by atoms with Gasteiger partial charge < -0.3 is 15.4 Å². The van der Waals surface area contributed by atoms with E-state index in [4.69, 9.17) is 10.00 Å². The van der Waals surface area contributed by atoms with Gasteiger partial charge in [0.1, 0.15) is 16.8 Å². The van der Waals surface area contributed by atoms with Crippen molar-refractivity contribution in [1.82, 2.24) is 5.32 Å². The maximum absolute atomic E-state index is 11.8. The molecule has 0 saturated carbocycles. The van der Waals surface area contributed by atoms with Crippen molar-refractivity contribution in [2.75, 3.05) is 19.0 Å². The molecule has 6 heteroatoms. The molecule has 1 aromatic heterocycles. The summed E-state index contributed by atoms with van der Waals surface area (Å²) in [7, 11) is 1.87. The SMILES string of the molecule is CNCc1cccc(OCC(=O)Nc2sccc2C#N)c1. The van der Waals surface area contributed by atoms with Gasteiger partial charge in [-0.25, -0.2) is 0 Å². The molecule has 108 valence electrons. The number of nitriles is 1. The van der Waals surface area contributed by atoms with Crippen molar-refractivity contribution in [2.24, 2.45) is 0 Å². The summed E-state index contributed by atoms with van der Waals surface area (Å²) < 4.78 is 5.46. The van der Waals surface area contributed by atoms with Gasteiger partial charge in [0.05, 0.1) is 5.56 Å². The highest BCUT2D eigenvalue weighted by Crippen LogP contribution is 2.22. The van der Waals surface area contributed by atoms with E-state index in [2.05, 4.69) is 10.6 Å². The molecule has 0 saturated heterocycles. The van der Waals surface area contributed by atoms with E-state index in [1.165, 1.54) is 11.3 Å². The molecule has 0 aliphatic heterocycles. The average molecular weight is 301 g/mol. The van der Waals surface area contributed by atoms with E-state index in [1.54, 1.807) is 17.5 Å². The summed E-state index contributed by atoms with van der Waals surface area (Å²) in [4.78, 5) is 11.8. The molecule has 2 N–H and O–H groups in total. The minimum Gasteiger partial charge on any atom is -0.484 e. The van der Waals surface area contributed by atoms with Crippen LogP contribution in [-0.2, 0) is 11.3 Å². The number of benzene rings is 1. The summed E-state index contributed by atoms with van der Waals surface area (Å²) in [5, 5.41) is 16.9. The van der Waals surface area contributed by atoms with Crippen LogP contribution >= 0.6 is 11.3 Å². The molecule has 0 spiro atoms. The first-order valence-electron chi connectivity index (χ1n) is 6.36. The van der Waals surface area contributed by atoms with Gasteiger partial charge in [-0.2, -0.15) is 5.26 Å². The Labute approximate surface area is 127 Å². The lowest BCUT2D eigenvalue weighted by Gasteiger charge is -2.08. The van der Waals surface area contributed by atoms with Crippen LogP contribution in [0.1, 0.15) is 11.1 Å². The van der Waals surface area contributed by atoms with Gasteiger partial charge in [0.15, 0.2) is 6.61 Å². The standard InChI is InChI=1S/C15H15N3O2S/c1-17-9-11-3-2-4-13(7-11)20-10-14(19)18-15-12(8-16)5-6-21-15/h2-7,17H,9-10H2,1H3,(H,18,19). The minimum atomic E-state index is -0.284. The normalized spacial score (nSPS) is 9.90. The predicted octanol–water partition coefficient (Wildman–Crippen LogP) is 2.36. The molecule has 0 atom stereocenters. The summed E-state index contributed by atoms with van der Waals surface area (Å²) in [5.41, 5.74) is 1.55. The monoisotopic (exact) mass is 301 g/mol. The van der Waals surface area contributed by atoms with E-state index in [0.717, 1.165) is 12.1 Å². The number of nitrogens with zero attached hydrogens (tertiary/aromatic N) is 1. The third-order valence-electron chi connectivity index (χ3n) is 2.69. The van der Waals surface area contributed by atoms with Crippen molar-refractivity contribution in [3.05, 3.63) is 46.8 Å². The van der Waals surface area contributed by atoms with Gasteiger partial charge in [-0.15, -0.1) is 11.3 Å². The number of carbonyl (C=O) groups excluding carboxylic acids is 1. The number of rotatable bonds is 6. The van der Waals surface area contributed by atoms with Crippen LogP contribution in [0.15, 0.2) is 35.7 Å². The first-order valence-corrected chi connectivity index (χ1v) is 7.24. The smallest absolute Gasteiger partial charge is 0.262 e. The first kappa shape index (κ1) is 15.0. The molecular weight excluding hydrogens is 286 g/mol. The molecule has 1 heterocycles. The first-order chi connectivity index (χ1) is 10.2. The van der Waals surface area contributed by atoms with Gasteiger partial charge in [-0.1, -0.05) is 12.1 Å². The van der Waals surface area contributed by atoms with Gasteiger partial charge in [0.2, 0.25) is 0 Å². The van der Waals surface area contributed by atoms with Crippen LogP contribution < -0.4 is 15.4 Å². The summed E-state index contributed by atoms with van der Waals surface area (Å²) in [6, 6.07) is 11.2. The maximum Gasteiger partial charge on any atom is 0.262 e. The second-order valence-electron chi connectivity index (χ2n) is 4.29. The number of nitrogens with one attached hydrogen (secondary N) is 2. The lowest BCUT2D eigenvalue weighted by atomic mass is 10.2. The zero-order chi connectivity index (χ0) is 15.1. The Balaban J connectivity index is 1.89. The van der Waals surface area contributed by atoms with Crippen LogP contribution in [0.4, 0.5) is 5.00 Å². The van der Waals surface area contributed by atoms with Gasteiger partial charge >= 0.3 is 0 Å². The highest BCUT2D eigenvalue weighted by atomic mass is 32.1. The lowest BCUT2D eigenvalue weighted by molar-refractivity contribution is -0.118. The number of ether oxygens (including phenoxy) is 1. The number of carbonyl (C=O) groups is 1. The zero-order valence-corrected chi connectivity index (χ0v) is 12.4. The Hall–Kier alpha value is -2.36. The van der Waals surface area contributed by atoms with Crippen LogP contribution in [-0.4, -0.2) is 19.6 Å². The van der Waals surface area contributed by atoms with Crippen LogP contribution in [0, 0.1) is 11.3 Å². The van der Waals surface area contributed by atoms with E-state index in [-0.39, 0.29) is 12.5 Å². The lowest BCUT2D eigenvalue weighted by Crippen LogP contribution is -2.20. The van der Waals surface area contributed by atoms with Crippen LogP contribution in [0.2, 0.25) is 0 Å². The summed E-state index contributed by atoms with van der Waals surface area (Å²) in [5.74, 6) is 0.359. The van der Waals surface area contributed by atoms with E-state index in [0.29, 0.717) is 16.3 Å². The highest BCUT2D eigenvalue weighted by Gasteiger charge is 2.09. The summed E-state index contributed by atoms with van der Waals surface area (Å²) in [6.45, 7) is 0.649. The molecule has 0 bridgehead atoms.